The number of nitrogens with zero attached hydrogens (tertiary/aromatic N) is 1. The molecule has 2 aliphatic rings. The first-order valence-corrected chi connectivity index (χ1v) is 16.0. The zero-order valence-electron chi connectivity index (χ0n) is 24.5. The van der Waals surface area contributed by atoms with Crippen LogP contribution in [0.25, 0.3) is 11.1 Å². The lowest BCUT2D eigenvalue weighted by Gasteiger charge is -2.31. The summed E-state index contributed by atoms with van der Waals surface area (Å²) in [7, 11) is -4.11. The fraction of sp³-hybridized carbons (Fsp3) is 0.581. The van der Waals surface area contributed by atoms with Crippen LogP contribution in [-0.4, -0.2) is 70.6 Å². The van der Waals surface area contributed by atoms with Crippen LogP contribution in [0.2, 0.25) is 0 Å². The van der Waals surface area contributed by atoms with Gasteiger partial charge in [0, 0.05) is 32.9 Å². The predicted molar refractivity (Wildman–Crippen MR) is 156 cm³/mol. The third-order valence-electron chi connectivity index (χ3n) is 7.73. The Morgan fingerprint density at radius 3 is 2.44 bits per heavy atom. The van der Waals surface area contributed by atoms with E-state index in [0.29, 0.717) is 65.2 Å². The lowest BCUT2D eigenvalue weighted by Crippen LogP contribution is -2.41. The molecule has 2 heterocycles. The summed E-state index contributed by atoms with van der Waals surface area (Å²) in [5.74, 6) is -0.144. The van der Waals surface area contributed by atoms with Crippen molar-refractivity contribution >= 4 is 16.3 Å². The molecule has 0 radical (unpaired) electrons. The van der Waals surface area contributed by atoms with Crippen molar-refractivity contribution in [3.8, 4) is 16.9 Å². The van der Waals surface area contributed by atoms with Gasteiger partial charge in [0.2, 0.25) is 0 Å². The molecule has 2 aromatic rings. The van der Waals surface area contributed by atoms with E-state index in [1.54, 1.807) is 0 Å². The first-order chi connectivity index (χ1) is 19.7. The van der Waals surface area contributed by atoms with Crippen LogP contribution in [0.5, 0.6) is 5.75 Å². The van der Waals surface area contributed by atoms with E-state index < -0.39 is 28.5 Å². The first kappa shape index (κ1) is 31.4. The minimum Gasteiger partial charge on any atom is -0.488 e. The molecule has 0 saturated carbocycles. The lowest BCUT2D eigenvalue weighted by atomic mass is 9.87. The van der Waals surface area contributed by atoms with Gasteiger partial charge in [0.05, 0.1) is 12.0 Å². The Morgan fingerprint density at radius 2 is 1.78 bits per heavy atom. The third-order valence-corrected chi connectivity index (χ3v) is 9.11. The molecular formula is C31H43NO8S. The van der Waals surface area contributed by atoms with E-state index in [0.717, 1.165) is 22.4 Å². The highest BCUT2D eigenvalue weighted by Crippen LogP contribution is 2.34. The number of hydrogen-bond donors (Lipinski definition) is 0. The lowest BCUT2D eigenvalue weighted by molar-refractivity contribution is -0.152. The van der Waals surface area contributed by atoms with Crippen molar-refractivity contribution < 1.29 is 36.3 Å². The van der Waals surface area contributed by atoms with Crippen molar-refractivity contribution in [2.45, 2.75) is 71.7 Å². The number of piperidine rings is 1. The summed E-state index contributed by atoms with van der Waals surface area (Å²) in [4.78, 5) is 12.5. The van der Waals surface area contributed by atoms with Gasteiger partial charge in [-0.2, -0.15) is 12.7 Å². The molecule has 2 saturated heterocycles. The Balaban J connectivity index is 1.34. The molecule has 226 valence electrons. The van der Waals surface area contributed by atoms with Gasteiger partial charge in [-0.1, -0.05) is 30.3 Å². The van der Waals surface area contributed by atoms with Crippen LogP contribution < -0.4 is 4.74 Å². The minimum absolute atomic E-state index is 0.0778. The largest absolute Gasteiger partial charge is 0.488 e. The zero-order chi connectivity index (χ0) is 29.4. The molecule has 2 atom stereocenters. The van der Waals surface area contributed by atoms with Gasteiger partial charge in [-0.3, -0.25) is 4.79 Å². The number of rotatable bonds is 12. The van der Waals surface area contributed by atoms with Gasteiger partial charge in [-0.25, -0.2) is 0 Å². The van der Waals surface area contributed by atoms with Crippen molar-refractivity contribution in [1.29, 1.82) is 0 Å². The summed E-state index contributed by atoms with van der Waals surface area (Å²) >= 11 is 0. The molecule has 2 unspecified atom stereocenters. The molecule has 10 heteroatoms. The highest BCUT2D eigenvalue weighted by Gasteiger charge is 2.35. The fourth-order valence-corrected chi connectivity index (χ4v) is 6.66. The molecule has 2 fully saturated rings. The number of ether oxygens (including phenoxy) is 4. The van der Waals surface area contributed by atoms with Crippen molar-refractivity contribution in [1.82, 2.24) is 4.31 Å². The number of carbonyl (C=O) groups is 1. The second-order valence-electron chi connectivity index (χ2n) is 10.7. The maximum Gasteiger partial charge on any atom is 0.387 e. The van der Waals surface area contributed by atoms with E-state index in [2.05, 4.69) is 31.2 Å². The SMILES string of the molecule is CCOC(COc1cccc(-c2ccc(C3CCN(S(=O)(=O)OC(=O)C4CCOC(C)C4)CC3)cc2C)c1)OCC. The molecule has 4 rings (SSSR count). The van der Waals surface area contributed by atoms with Crippen LogP contribution in [0.15, 0.2) is 42.5 Å². The molecule has 0 aliphatic carbocycles. The van der Waals surface area contributed by atoms with Crippen LogP contribution in [0.1, 0.15) is 63.5 Å². The van der Waals surface area contributed by atoms with E-state index in [4.69, 9.17) is 23.1 Å². The average molecular weight is 590 g/mol. The van der Waals surface area contributed by atoms with Crippen LogP contribution in [0.3, 0.4) is 0 Å². The molecule has 0 N–H and O–H groups in total. The highest BCUT2D eigenvalue weighted by atomic mass is 32.2. The third kappa shape index (κ3) is 8.51. The summed E-state index contributed by atoms with van der Waals surface area (Å²) in [6, 6.07) is 14.4. The van der Waals surface area contributed by atoms with Crippen molar-refractivity contribution in [3.05, 3.63) is 53.6 Å². The topological polar surface area (TPSA) is 101 Å². The average Bonchev–Trinajstić information content (AvgIpc) is 2.96. The quantitative estimate of drug-likeness (QED) is 0.311. The Kier molecular flexibility index (Phi) is 11.2. The Labute approximate surface area is 244 Å². The van der Waals surface area contributed by atoms with Gasteiger partial charge >= 0.3 is 16.3 Å². The number of carbonyl (C=O) groups excluding carboxylic acids is 1. The van der Waals surface area contributed by atoms with Gasteiger partial charge in [0.15, 0.2) is 6.29 Å². The molecule has 0 aromatic heterocycles. The molecule has 0 spiro atoms. The molecule has 9 nitrogen and oxygen atoms in total. The Morgan fingerprint density at radius 1 is 1.05 bits per heavy atom. The van der Waals surface area contributed by atoms with Crippen LogP contribution in [0, 0.1) is 12.8 Å². The summed E-state index contributed by atoms with van der Waals surface area (Å²) in [5, 5.41) is 0. The summed E-state index contributed by atoms with van der Waals surface area (Å²) in [5.41, 5.74) is 4.48. The molecule has 0 amide bonds. The number of benzene rings is 2. The second-order valence-corrected chi connectivity index (χ2v) is 12.2. The van der Waals surface area contributed by atoms with Gasteiger partial charge in [-0.15, -0.1) is 0 Å². The van der Waals surface area contributed by atoms with Crippen molar-refractivity contribution in [2.75, 3.05) is 39.5 Å². The first-order valence-electron chi connectivity index (χ1n) is 14.6. The van der Waals surface area contributed by atoms with Crippen LogP contribution >= 0.6 is 0 Å². The number of aryl methyl sites for hydroxylation is 1. The van der Waals surface area contributed by atoms with Gasteiger partial charge in [0.25, 0.3) is 0 Å². The summed E-state index contributed by atoms with van der Waals surface area (Å²) in [6.07, 6.45) is 1.80. The molecule has 0 bridgehead atoms. The summed E-state index contributed by atoms with van der Waals surface area (Å²) in [6.45, 7) is 10.3. The molecular weight excluding hydrogens is 546 g/mol. The Bertz CT molecular complexity index is 1250. The standard InChI is InChI=1S/C31H43NO8S/c1-5-36-30(37-6-2)21-39-28-9-7-8-26(20-28)29-11-10-25(18-22(29)3)24-12-15-32(16-13-24)41(34,35)40-31(33)27-14-17-38-23(4)19-27/h7-11,18,20,23-24,27,30H,5-6,12-17,19,21H2,1-4H3. The molecule has 2 aromatic carbocycles. The van der Waals surface area contributed by atoms with Gasteiger partial charge < -0.3 is 23.1 Å². The van der Waals surface area contributed by atoms with E-state index in [-0.39, 0.29) is 12.0 Å². The second kappa shape index (κ2) is 14.6. The smallest absolute Gasteiger partial charge is 0.387 e. The maximum absolute atomic E-state index is 12.8. The monoisotopic (exact) mass is 589 g/mol. The predicted octanol–water partition coefficient (Wildman–Crippen LogP) is 5.22. The Hall–Kier alpha value is -2.50. The van der Waals surface area contributed by atoms with E-state index in [1.807, 2.05) is 39.0 Å². The molecule has 2 aliphatic heterocycles. The van der Waals surface area contributed by atoms with Crippen LogP contribution in [-0.2, 0) is 33.5 Å². The van der Waals surface area contributed by atoms with Crippen molar-refractivity contribution in [2.24, 2.45) is 5.92 Å². The van der Waals surface area contributed by atoms with Gasteiger partial charge in [-0.05, 0) is 93.7 Å². The normalized spacial score (nSPS) is 20.7. The minimum atomic E-state index is -4.11. The van der Waals surface area contributed by atoms with E-state index in [1.165, 1.54) is 9.87 Å². The summed E-state index contributed by atoms with van der Waals surface area (Å²) < 4.78 is 54.5. The van der Waals surface area contributed by atoms with Crippen molar-refractivity contribution in [3.63, 3.8) is 0 Å². The van der Waals surface area contributed by atoms with E-state index in [9.17, 15) is 13.2 Å². The van der Waals surface area contributed by atoms with Gasteiger partial charge in [0.1, 0.15) is 12.4 Å². The zero-order valence-corrected chi connectivity index (χ0v) is 25.4. The van der Waals surface area contributed by atoms with E-state index >= 15 is 0 Å². The highest BCUT2D eigenvalue weighted by molar-refractivity contribution is 7.84. The molecule has 41 heavy (non-hydrogen) atoms. The maximum atomic E-state index is 12.8. The fourth-order valence-electron chi connectivity index (χ4n) is 5.55. The number of hydrogen-bond acceptors (Lipinski definition) is 8. The van der Waals surface area contributed by atoms with Crippen LogP contribution in [0.4, 0.5) is 0 Å².